The van der Waals surface area contributed by atoms with Gasteiger partial charge in [-0.05, 0) is 54.2 Å². The van der Waals surface area contributed by atoms with Gasteiger partial charge in [-0.15, -0.1) is 6.42 Å². The van der Waals surface area contributed by atoms with Crippen LogP contribution in [-0.4, -0.2) is 6.61 Å². The fourth-order valence-corrected chi connectivity index (χ4v) is 3.87. The van der Waals surface area contributed by atoms with Gasteiger partial charge in [0.2, 0.25) is 0 Å². The van der Waals surface area contributed by atoms with Crippen molar-refractivity contribution in [1.29, 1.82) is 0 Å². The van der Waals surface area contributed by atoms with Crippen molar-refractivity contribution in [2.75, 3.05) is 6.61 Å². The summed E-state index contributed by atoms with van der Waals surface area (Å²) in [5.74, 6) is 14.9. The van der Waals surface area contributed by atoms with E-state index in [1.807, 2.05) is 24.3 Å². The molecule has 0 bridgehead atoms. The first-order valence-electron chi connectivity index (χ1n) is 7.99. The average Bonchev–Trinajstić information content (AvgIpc) is 2.60. The third-order valence-corrected chi connectivity index (χ3v) is 5.06. The summed E-state index contributed by atoms with van der Waals surface area (Å²) in [5, 5.41) is 0. The maximum atomic E-state index is 12.7. The zero-order chi connectivity index (χ0) is 18.0. The number of allylic oxidation sites excluding steroid dienone is 3. The van der Waals surface area contributed by atoms with Crippen LogP contribution in [0, 0.1) is 36.0 Å². The standard InChI is InChI=1S/C21H19O3P.H2/c1-3-5-6-7-9-14-20-17-21(24-25(22,18-20)23-4-2)16-15-19-12-10-8-11-13-19;/h1,8,10-13,17-18H,4,14-16H2,2H3;1H. The Kier molecular flexibility index (Phi) is 7.19. The van der Waals surface area contributed by atoms with E-state index in [1.54, 1.807) is 6.92 Å². The van der Waals surface area contributed by atoms with Crippen molar-refractivity contribution in [2.45, 2.75) is 26.2 Å². The van der Waals surface area contributed by atoms with Gasteiger partial charge in [-0.25, -0.2) is 4.57 Å². The number of aryl methyl sites for hydroxylation is 1. The van der Waals surface area contributed by atoms with Crippen LogP contribution in [0.4, 0.5) is 0 Å². The topological polar surface area (TPSA) is 35.5 Å². The normalized spacial score (nSPS) is 18.2. The molecule has 2 rings (SSSR count). The molecule has 1 heterocycles. The zero-order valence-corrected chi connectivity index (χ0v) is 15.0. The van der Waals surface area contributed by atoms with Crippen LogP contribution in [0.25, 0.3) is 0 Å². The lowest BCUT2D eigenvalue weighted by atomic mass is 10.1. The predicted molar refractivity (Wildman–Crippen MR) is 102 cm³/mol. The highest BCUT2D eigenvalue weighted by molar-refractivity contribution is 7.57. The third kappa shape index (κ3) is 6.41. The molecule has 0 radical (unpaired) electrons. The first-order valence-corrected chi connectivity index (χ1v) is 9.60. The summed E-state index contributed by atoms with van der Waals surface area (Å²) in [7, 11) is -3.27. The van der Waals surface area contributed by atoms with E-state index in [4.69, 9.17) is 15.5 Å². The van der Waals surface area contributed by atoms with Crippen LogP contribution in [0.15, 0.2) is 53.6 Å². The van der Waals surface area contributed by atoms with Crippen LogP contribution in [-0.2, 0) is 20.0 Å². The van der Waals surface area contributed by atoms with Crippen molar-refractivity contribution in [3.05, 3.63) is 59.1 Å². The molecule has 128 valence electrons. The molecule has 1 aliphatic heterocycles. The van der Waals surface area contributed by atoms with Gasteiger partial charge >= 0.3 is 7.60 Å². The number of hydrogen-bond donors (Lipinski definition) is 0. The summed E-state index contributed by atoms with van der Waals surface area (Å²) in [5.41, 5.74) is 2.00. The second-order valence-electron chi connectivity index (χ2n) is 5.22. The van der Waals surface area contributed by atoms with Gasteiger partial charge in [0.1, 0.15) is 5.76 Å². The fourth-order valence-electron chi connectivity index (χ4n) is 2.29. The minimum atomic E-state index is -3.27. The third-order valence-electron chi connectivity index (χ3n) is 3.30. The molecule has 1 aliphatic rings. The number of rotatable bonds is 6. The minimum absolute atomic E-state index is 0. The number of terminal acetylenes is 1. The quantitative estimate of drug-likeness (QED) is 0.538. The first-order chi connectivity index (χ1) is 12.1. The van der Waals surface area contributed by atoms with Crippen LogP contribution in [0.2, 0.25) is 0 Å². The molecule has 25 heavy (non-hydrogen) atoms. The fraction of sp³-hybridized carbons (Fsp3) is 0.238. The van der Waals surface area contributed by atoms with E-state index in [2.05, 4.69) is 41.7 Å². The lowest BCUT2D eigenvalue weighted by molar-refractivity contribution is 0.252. The Morgan fingerprint density at radius 1 is 1.20 bits per heavy atom. The highest BCUT2D eigenvalue weighted by Gasteiger charge is 2.27. The summed E-state index contributed by atoms with van der Waals surface area (Å²) < 4.78 is 23.7. The number of benzene rings is 1. The van der Waals surface area contributed by atoms with E-state index in [1.165, 1.54) is 11.4 Å². The van der Waals surface area contributed by atoms with Gasteiger partial charge in [-0.3, -0.25) is 4.52 Å². The molecule has 0 fully saturated rings. The van der Waals surface area contributed by atoms with Crippen molar-refractivity contribution in [1.82, 2.24) is 0 Å². The molecule has 1 atom stereocenters. The van der Waals surface area contributed by atoms with Crippen molar-refractivity contribution in [3.8, 4) is 36.0 Å². The number of hydrogen-bond acceptors (Lipinski definition) is 3. The molecule has 0 spiro atoms. The van der Waals surface area contributed by atoms with Crippen LogP contribution in [0.5, 0.6) is 0 Å². The van der Waals surface area contributed by atoms with Gasteiger partial charge in [0.25, 0.3) is 0 Å². The van der Waals surface area contributed by atoms with Gasteiger partial charge < -0.3 is 4.52 Å². The Hall–Kier alpha value is -2.63. The Bertz CT molecular complexity index is 871. The van der Waals surface area contributed by atoms with Crippen molar-refractivity contribution < 1.29 is 15.0 Å². The van der Waals surface area contributed by atoms with E-state index in [-0.39, 0.29) is 1.43 Å². The Labute approximate surface area is 151 Å². The van der Waals surface area contributed by atoms with E-state index >= 15 is 0 Å². The monoisotopic (exact) mass is 352 g/mol. The van der Waals surface area contributed by atoms with Crippen LogP contribution >= 0.6 is 7.60 Å². The average molecular weight is 352 g/mol. The molecule has 3 nitrogen and oxygen atoms in total. The van der Waals surface area contributed by atoms with Crippen molar-refractivity contribution >= 4 is 7.60 Å². The van der Waals surface area contributed by atoms with Gasteiger partial charge in [-0.2, -0.15) is 0 Å². The molecule has 1 aromatic carbocycles. The summed E-state index contributed by atoms with van der Waals surface area (Å²) in [6.45, 7) is 2.10. The lowest BCUT2D eigenvalue weighted by Crippen LogP contribution is -2.02. The molecule has 0 saturated heterocycles. The Balaban J connectivity index is 0.00000338. The molecule has 0 saturated carbocycles. The molecule has 0 aromatic heterocycles. The summed E-state index contributed by atoms with van der Waals surface area (Å²) in [6, 6.07) is 10.1. The van der Waals surface area contributed by atoms with Gasteiger partial charge in [0.05, 0.1) is 6.61 Å². The van der Waals surface area contributed by atoms with E-state index < -0.39 is 7.60 Å². The molecule has 1 unspecified atom stereocenters. The van der Waals surface area contributed by atoms with Crippen molar-refractivity contribution in [3.63, 3.8) is 0 Å². The summed E-state index contributed by atoms with van der Waals surface area (Å²) in [4.78, 5) is 0. The SMILES string of the molecule is C#CC#CC#CCC1=CP(=O)(OCC)OC(CCc2ccccc2)=C1.[HH]. The largest absolute Gasteiger partial charge is 0.426 e. The highest BCUT2D eigenvalue weighted by atomic mass is 31.2. The van der Waals surface area contributed by atoms with Crippen LogP contribution in [0.3, 0.4) is 0 Å². The summed E-state index contributed by atoms with van der Waals surface area (Å²) >= 11 is 0. The van der Waals surface area contributed by atoms with E-state index in [9.17, 15) is 4.57 Å². The second-order valence-corrected chi connectivity index (χ2v) is 7.00. The maximum Gasteiger partial charge on any atom is 0.403 e. The van der Waals surface area contributed by atoms with Crippen molar-refractivity contribution in [2.24, 2.45) is 0 Å². The molecule has 0 aliphatic carbocycles. The molecule has 0 N–H and O–H groups in total. The molecule has 1 aromatic rings. The lowest BCUT2D eigenvalue weighted by Gasteiger charge is -2.22. The van der Waals surface area contributed by atoms with Crippen LogP contribution in [0.1, 0.15) is 26.8 Å². The minimum Gasteiger partial charge on any atom is -0.426 e. The molecular weight excluding hydrogens is 331 g/mol. The second kappa shape index (κ2) is 9.61. The predicted octanol–water partition coefficient (Wildman–Crippen LogP) is 4.92. The highest BCUT2D eigenvalue weighted by Crippen LogP contribution is 2.55. The first kappa shape index (κ1) is 18.7. The van der Waals surface area contributed by atoms with Gasteiger partial charge in [0, 0.05) is 20.1 Å². The summed E-state index contributed by atoms with van der Waals surface area (Å²) in [6.07, 6.45) is 8.77. The van der Waals surface area contributed by atoms with Gasteiger partial charge in [-0.1, -0.05) is 36.3 Å². The molecule has 0 amide bonds. The van der Waals surface area contributed by atoms with Gasteiger partial charge in [0.15, 0.2) is 0 Å². The molecule has 4 heteroatoms. The van der Waals surface area contributed by atoms with E-state index in [0.717, 1.165) is 12.0 Å². The Morgan fingerprint density at radius 3 is 2.72 bits per heavy atom. The molecular formula is C21H21O3P. The zero-order valence-electron chi connectivity index (χ0n) is 14.1. The Morgan fingerprint density at radius 2 is 2.00 bits per heavy atom. The maximum absolute atomic E-state index is 12.7. The van der Waals surface area contributed by atoms with E-state index in [0.29, 0.717) is 25.2 Å². The smallest absolute Gasteiger partial charge is 0.403 e. The van der Waals surface area contributed by atoms with Crippen LogP contribution < -0.4 is 0 Å².